The number of nitrogens with one attached hydrogen (secondary N) is 1. The third kappa shape index (κ3) is 3.11. The Hall–Kier alpha value is -1.04. The number of thiazole rings is 1. The fraction of sp³-hybridized carbons (Fsp3) is 0.231. The first-order chi connectivity index (χ1) is 9.35. The largest absolute Gasteiger partial charge is 0.311 e. The minimum atomic E-state index is 0.387. The summed E-state index contributed by atoms with van der Waals surface area (Å²) in [7, 11) is 0. The highest BCUT2D eigenvalue weighted by molar-refractivity contribution is 8.15. The van der Waals surface area contributed by atoms with Crippen LogP contribution in [0, 0.1) is 0 Å². The van der Waals surface area contributed by atoms with E-state index in [1.807, 2.05) is 18.2 Å². The van der Waals surface area contributed by atoms with Crippen LogP contribution in [0.2, 0.25) is 0 Å². The predicted octanol–water partition coefficient (Wildman–Crippen LogP) is 3.93. The Kier molecular flexibility index (Phi) is 4.06. The van der Waals surface area contributed by atoms with Crippen LogP contribution < -0.4 is 5.32 Å². The molecule has 19 heavy (non-hydrogen) atoms. The molecule has 0 spiro atoms. The predicted molar refractivity (Wildman–Crippen MR) is 85.6 cm³/mol. The number of anilines is 1. The first kappa shape index (κ1) is 13.0. The molecule has 0 radical (unpaired) electrons. The highest BCUT2D eigenvalue weighted by Gasteiger charge is 2.19. The summed E-state index contributed by atoms with van der Waals surface area (Å²) in [6.07, 6.45) is 0. The summed E-state index contributed by atoms with van der Waals surface area (Å²) in [5.41, 5.74) is 2.12. The van der Waals surface area contributed by atoms with E-state index in [-0.39, 0.29) is 0 Å². The zero-order chi connectivity index (χ0) is 13.1. The number of hydrogen-bond acceptors (Lipinski definition) is 5. The van der Waals surface area contributed by atoms with E-state index in [4.69, 9.17) is 11.6 Å². The zero-order valence-corrected chi connectivity index (χ0v) is 12.4. The van der Waals surface area contributed by atoms with Crippen LogP contribution in [0.25, 0.3) is 11.3 Å². The van der Waals surface area contributed by atoms with Crippen molar-refractivity contribution in [1.29, 1.82) is 0 Å². The molecule has 1 aromatic heterocycles. The maximum Gasteiger partial charge on any atom is 0.189 e. The highest BCUT2D eigenvalue weighted by Crippen LogP contribution is 2.28. The van der Waals surface area contributed by atoms with Crippen molar-refractivity contribution in [3.63, 3.8) is 0 Å². The van der Waals surface area contributed by atoms with Crippen LogP contribution in [0.1, 0.15) is 0 Å². The van der Waals surface area contributed by atoms with Crippen LogP contribution in [0.5, 0.6) is 0 Å². The summed E-state index contributed by atoms with van der Waals surface area (Å²) in [4.78, 5) is 8.99. The van der Waals surface area contributed by atoms with Crippen LogP contribution in [0.4, 0.5) is 5.13 Å². The van der Waals surface area contributed by atoms with Crippen molar-refractivity contribution in [1.82, 2.24) is 4.98 Å². The molecular weight excluding hydrogens is 298 g/mol. The first-order valence-corrected chi connectivity index (χ1v) is 8.19. The average Bonchev–Trinajstić information content (AvgIpc) is 3.09. The van der Waals surface area contributed by atoms with Gasteiger partial charge in [0.15, 0.2) is 10.3 Å². The topological polar surface area (TPSA) is 37.3 Å². The van der Waals surface area contributed by atoms with Crippen molar-refractivity contribution in [3.8, 4) is 11.3 Å². The van der Waals surface area contributed by atoms with E-state index in [0.29, 0.717) is 11.1 Å². The number of thioether (sulfide) groups is 1. The lowest BCUT2D eigenvalue weighted by Crippen LogP contribution is -2.08. The fourth-order valence-corrected chi connectivity index (χ4v) is 3.63. The lowest BCUT2D eigenvalue weighted by molar-refractivity contribution is 0.982. The van der Waals surface area contributed by atoms with E-state index in [0.717, 1.165) is 28.1 Å². The number of halogens is 1. The third-order valence-corrected chi connectivity index (χ3v) is 5.09. The number of hydrogen-bond donors (Lipinski definition) is 1. The van der Waals surface area contributed by atoms with Gasteiger partial charge in [-0.25, -0.2) is 4.98 Å². The number of benzene rings is 1. The van der Waals surface area contributed by atoms with Crippen LogP contribution in [-0.2, 0) is 0 Å². The summed E-state index contributed by atoms with van der Waals surface area (Å²) in [5, 5.41) is 7.49. The van der Waals surface area contributed by atoms with E-state index in [9.17, 15) is 0 Å². The van der Waals surface area contributed by atoms with Gasteiger partial charge in [0.1, 0.15) is 0 Å². The summed E-state index contributed by atoms with van der Waals surface area (Å²) >= 11 is 9.10. The number of nitrogens with zero attached hydrogens (tertiary/aromatic N) is 2. The molecule has 2 aromatic rings. The molecule has 1 aliphatic heterocycles. The monoisotopic (exact) mass is 309 g/mol. The van der Waals surface area contributed by atoms with Crippen LogP contribution in [-0.4, -0.2) is 27.8 Å². The normalized spacial score (nSPS) is 18.4. The molecule has 2 heterocycles. The minimum absolute atomic E-state index is 0.387. The van der Waals surface area contributed by atoms with E-state index in [1.165, 1.54) is 0 Å². The molecule has 0 saturated carbocycles. The molecule has 1 atom stereocenters. The van der Waals surface area contributed by atoms with E-state index >= 15 is 0 Å². The number of alkyl halides is 1. The lowest BCUT2D eigenvalue weighted by Gasteiger charge is -2.03. The van der Waals surface area contributed by atoms with Crippen molar-refractivity contribution in [2.45, 2.75) is 5.25 Å². The average molecular weight is 310 g/mol. The molecule has 1 aromatic carbocycles. The van der Waals surface area contributed by atoms with Gasteiger partial charge >= 0.3 is 0 Å². The summed E-state index contributed by atoms with van der Waals surface area (Å²) < 4.78 is 0. The molecule has 3 nitrogen and oxygen atoms in total. The van der Waals surface area contributed by atoms with Gasteiger partial charge in [0.2, 0.25) is 0 Å². The molecule has 3 rings (SSSR count). The number of aromatic nitrogens is 1. The van der Waals surface area contributed by atoms with Crippen molar-refractivity contribution in [2.75, 3.05) is 17.7 Å². The summed E-state index contributed by atoms with van der Waals surface area (Å²) in [6, 6.07) is 10.2. The number of aliphatic imine (C=N–C) groups is 1. The molecule has 98 valence electrons. The zero-order valence-electron chi connectivity index (χ0n) is 10.0. The SMILES string of the molecule is ClCC1CN=C(Nc2nc(-c3ccccc3)cs2)S1. The van der Waals surface area contributed by atoms with Crippen LogP contribution >= 0.6 is 34.7 Å². The van der Waals surface area contributed by atoms with E-state index in [1.54, 1.807) is 23.1 Å². The Morgan fingerprint density at radius 3 is 2.89 bits per heavy atom. The second-order valence-corrected chi connectivity index (χ2v) is 6.52. The molecular formula is C13H12ClN3S2. The maximum atomic E-state index is 5.83. The van der Waals surface area contributed by atoms with Gasteiger partial charge in [-0.2, -0.15) is 0 Å². The minimum Gasteiger partial charge on any atom is -0.311 e. The van der Waals surface area contributed by atoms with Gasteiger partial charge in [-0.3, -0.25) is 4.99 Å². The number of amidine groups is 1. The highest BCUT2D eigenvalue weighted by atomic mass is 35.5. The fourth-order valence-electron chi connectivity index (χ4n) is 1.73. The number of rotatable bonds is 3. The maximum absolute atomic E-state index is 5.83. The molecule has 1 aliphatic rings. The Bertz CT molecular complexity index is 583. The van der Waals surface area contributed by atoms with Gasteiger partial charge in [-0.05, 0) is 0 Å². The molecule has 0 amide bonds. The van der Waals surface area contributed by atoms with Gasteiger partial charge in [0.05, 0.1) is 12.2 Å². The Morgan fingerprint density at radius 2 is 2.16 bits per heavy atom. The molecule has 1 N–H and O–H groups in total. The molecule has 0 bridgehead atoms. The standard InChI is InChI=1S/C13H12ClN3S2/c14-6-10-7-15-12(19-10)17-13-16-11(8-18-13)9-4-2-1-3-5-9/h1-5,8,10H,6-7H2,(H,15,16,17). The molecule has 0 saturated heterocycles. The van der Waals surface area contributed by atoms with Crippen molar-refractivity contribution in [2.24, 2.45) is 4.99 Å². The smallest absolute Gasteiger partial charge is 0.189 e. The second-order valence-electron chi connectivity index (χ2n) is 4.07. The third-order valence-electron chi connectivity index (χ3n) is 2.68. The van der Waals surface area contributed by atoms with E-state index < -0.39 is 0 Å². The first-order valence-electron chi connectivity index (χ1n) is 5.90. The second kappa shape index (κ2) is 5.94. The lowest BCUT2D eigenvalue weighted by atomic mass is 10.2. The van der Waals surface area contributed by atoms with Crippen molar-refractivity contribution in [3.05, 3.63) is 35.7 Å². The van der Waals surface area contributed by atoms with Crippen molar-refractivity contribution >= 4 is 45.0 Å². The van der Waals surface area contributed by atoms with Gasteiger partial charge < -0.3 is 5.32 Å². The molecule has 1 unspecified atom stereocenters. The molecule has 0 aliphatic carbocycles. The quantitative estimate of drug-likeness (QED) is 0.873. The Labute approximate surface area is 125 Å². The van der Waals surface area contributed by atoms with Gasteiger partial charge in [0, 0.05) is 22.1 Å². The molecule has 0 fully saturated rings. The summed E-state index contributed by atoms with van der Waals surface area (Å²) in [6.45, 7) is 0.785. The summed E-state index contributed by atoms with van der Waals surface area (Å²) in [5.74, 6) is 0.631. The van der Waals surface area contributed by atoms with Gasteiger partial charge in [-0.15, -0.1) is 22.9 Å². The van der Waals surface area contributed by atoms with Gasteiger partial charge in [-0.1, -0.05) is 42.1 Å². The van der Waals surface area contributed by atoms with Crippen LogP contribution in [0.15, 0.2) is 40.7 Å². The van der Waals surface area contributed by atoms with Crippen molar-refractivity contribution < 1.29 is 0 Å². The van der Waals surface area contributed by atoms with Gasteiger partial charge in [0.25, 0.3) is 0 Å². The van der Waals surface area contributed by atoms with E-state index in [2.05, 4.69) is 32.8 Å². The van der Waals surface area contributed by atoms with Crippen LogP contribution in [0.3, 0.4) is 0 Å². The Balaban J connectivity index is 1.69. The molecule has 6 heteroatoms. The Morgan fingerprint density at radius 1 is 1.32 bits per heavy atom.